The predicted octanol–water partition coefficient (Wildman–Crippen LogP) is 3.44. The second kappa shape index (κ2) is 6.22. The molecule has 0 fully saturated rings. The Hall–Kier alpha value is -2.30. The van der Waals surface area contributed by atoms with Gasteiger partial charge < -0.3 is 14.1 Å². The summed E-state index contributed by atoms with van der Waals surface area (Å²) in [6.07, 6.45) is 4.40. The monoisotopic (exact) mass is 300 g/mol. The first kappa shape index (κ1) is 14.6. The van der Waals surface area contributed by atoms with Crippen LogP contribution in [0.1, 0.15) is 42.7 Å². The van der Waals surface area contributed by atoms with E-state index in [9.17, 15) is 4.79 Å². The summed E-state index contributed by atoms with van der Waals surface area (Å²) in [5, 5.41) is 0. The lowest BCUT2D eigenvalue weighted by Gasteiger charge is -2.36. The molecule has 1 unspecified atom stereocenters. The summed E-state index contributed by atoms with van der Waals surface area (Å²) in [4.78, 5) is 18.9. The van der Waals surface area contributed by atoms with Crippen molar-refractivity contribution in [2.24, 2.45) is 0 Å². The zero-order valence-electron chi connectivity index (χ0n) is 12.9. The third kappa shape index (κ3) is 2.58. The lowest BCUT2D eigenvalue weighted by Crippen LogP contribution is -2.43. The van der Waals surface area contributed by atoms with Crippen molar-refractivity contribution in [1.29, 1.82) is 0 Å². The number of oxazole rings is 1. The molecule has 22 heavy (non-hydrogen) atoms. The summed E-state index contributed by atoms with van der Waals surface area (Å²) in [6, 6.07) is 8.24. The van der Waals surface area contributed by atoms with Crippen LogP contribution in [0.4, 0.5) is 5.69 Å². The van der Waals surface area contributed by atoms with Gasteiger partial charge in [0.2, 0.25) is 0 Å². The van der Waals surface area contributed by atoms with Gasteiger partial charge in [0.05, 0.1) is 6.61 Å². The largest absolute Gasteiger partial charge is 0.450 e. The first-order valence-corrected chi connectivity index (χ1v) is 7.74. The normalized spacial score (nSPS) is 17.2. The number of anilines is 1. The first-order chi connectivity index (χ1) is 10.7. The third-order valence-corrected chi connectivity index (χ3v) is 4.02. The third-order valence-electron chi connectivity index (χ3n) is 4.02. The number of hydrogen-bond acceptors (Lipinski definition) is 4. The van der Waals surface area contributed by atoms with Crippen LogP contribution in [0.3, 0.4) is 0 Å². The smallest absolute Gasteiger partial charge is 0.394 e. The lowest BCUT2D eigenvalue weighted by atomic mass is 9.94. The highest BCUT2D eigenvalue weighted by atomic mass is 16.6. The van der Waals surface area contributed by atoms with Crippen LogP contribution in [0.15, 0.2) is 34.9 Å². The molecule has 0 spiro atoms. The van der Waals surface area contributed by atoms with Gasteiger partial charge in [-0.3, -0.25) is 4.79 Å². The van der Waals surface area contributed by atoms with Crippen molar-refractivity contribution in [1.82, 2.24) is 4.98 Å². The van der Waals surface area contributed by atoms with E-state index >= 15 is 0 Å². The van der Waals surface area contributed by atoms with Crippen molar-refractivity contribution in [3.05, 3.63) is 41.8 Å². The van der Waals surface area contributed by atoms with Crippen molar-refractivity contribution in [3.8, 4) is 6.08 Å². The highest BCUT2D eigenvalue weighted by Gasteiger charge is 2.32. The number of aryl methyl sites for hydroxylation is 1. The minimum atomic E-state index is -0.131. The van der Waals surface area contributed by atoms with Gasteiger partial charge in [-0.2, -0.15) is 4.98 Å². The molecule has 2 heterocycles. The Balaban J connectivity index is 1.94. The van der Waals surface area contributed by atoms with Crippen molar-refractivity contribution in [2.45, 2.75) is 39.2 Å². The van der Waals surface area contributed by atoms with E-state index in [1.54, 1.807) is 0 Å². The van der Waals surface area contributed by atoms with E-state index < -0.39 is 0 Å². The minimum absolute atomic E-state index is 0.131. The molecule has 0 N–H and O–H groups in total. The highest BCUT2D eigenvalue weighted by Crippen LogP contribution is 2.33. The van der Waals surface area contributed by atoms with Crippen LogP contribution in [0.5, 0.6) is 6.08 Å². The maximum absolute atomic E-state index is 12.9. The molecule has 5 heteroatoms. The fourth-order valence-electron chi connectivity index (χ4n) is 2.94. The minimum Gasteiger partial charge on any atom is -0.450 e. The van der Waals surface area contributed by atoms with E-state index in [0.29, 0.717) is 12.3 Å². The number of ether oxygens (including phenoxy) is 1. The average molecular weight is 300 g/mol. The van der Waals surface area contributed by atoms with E-state index in [1.807, 2.05) is 30.0 Å². The van der Waals surface area contributed by atoms with Crippen LogP contribution in [0, 0.1) is 0 Å². The molecule has 0 saturated heterocycles. The molecular formula is C17H20N2O3. The molecule has 0 radical (unpaired) electrons. The fraction of sp³-hybridized carbons (Fsp3) is 0.412. The van der Waals surface area contributed by atoms with Crippen LogP contribution in [0.2, 0.25) is 0 Å². The van der Waals surface area contributed by atoms with Crippen LogP contribution in [-0.4, -0.2) is 23.5 Å². The quantitative estimate of drug-likeness (QED) is 0.868. The van der Waals surface area contributed by atoms with Crippen molar-refractivity contribution in [2.75, 3.05) is 11.5 Å². The van der Waals surface area contributed by atoms with Gasteiger partial charge in [0.1, 0.15) is 6.26 Å². The maximum Gasteiger partial charge on any atom is 0.394 e. The molecule has 116 valence electrons. The molecule has 0 aliphatic carbocycles. The standard InChI is InChI=1S/C17H20N2O3/c1-3-13-10-9-12-7-5-6-8-15(12)19(13)16(20)14-11-22-17(18-14)21-4-2/h5-8,11,13H,3-4,9-10H2,1-2H3. The van der Waals surface area contributed by atoms with Crippen molar-refractivity contribution < 1.29 is 13.9 Å². The summed E-state index contributed by atoms with van der Waals surface area (Å²) in [6.45, 7) is 4.41. The number of aromatic nitrogens is 1. The molecule has 1 aromatic carbocycles. The molecule has 3 rings (SSSR count). The fourth-order valence-corrected chi connectivity index (χ4v) is 2.94. The van der Waals surface area contributed by atoms with Gasteiger partial charge in [-0.05, 0) is 37.8 Å². The van der Waals surface area contributed by atoms with Crippen molar-refractivity contribution in [3.63, 3.8) is 0 Å². The number of rotatable bonds is 4. The number of para-hydroxylation sites is 1. The van der Waals surface area contributed by atoms with Crippen LogP contribution in [-0.2, 0) is 6.42 Å². The molecule has 0 saturated carbocycles. The van der Waals surface area contributed by atoms with E-state index in [2.05, 4.69) is 18.0 Å². The number of fused-ring (bicyclic) bond motifs is 1. The maximum atomic E-state index is 12.9. The Kier molecular flexibility index (Phi) is 4.13. The summed E-state index contributed by atoms with van der Waals surface area (Å²) in [5.41, 5.74) is 2.47. The molecule has 1 aromatic heterocycles. The number of carbonyl (C=O) groups excluding carboxylic acids is 1. The van der Waals surface area contributed by atoms with E-state index in [-0.39, 0.29) is 18.0 Å². The Morgan fingerprint density at radius 1 is 1.41 bits per heavy atom. The molecule has 1 atom stereocenters. The molecule has 1 aliphatic heterocycles. The topological polar surface area (TPSA) is 55.6 Å². The average Bonchev–Trinajstić information content (AvgIpc) is 3.02. The zero-order valence-corrected chi connectivity index (χ0v) is 12.9. The van der Waals surface area contributed by atoms with Crippen LogP contribution < -0.4 is 9.64 Å². The van der Waals surface area contributed by atoms with E-state index in [0.717, 1.165) is 24.9 Å². The zero-order chi connectivity index (χ0) is 15.5. The van der Waals surface area contributed by atoms with Crippen molar-refractivity contribution >= 4 is 11.6 Å². The molecule has 0 bridgehead atoms. The number of carbonyl (C=O) groups is 1. The van der Waals surface area contributed by atoms with E-state index in [1.165, 1.54) is 11.8 Å². The second-order valence-corrected chi connectivity index (χ2v) is 5.34. The van der Waals surface area contributed by atoms with Gasteiger partial charge in [-0.25, -0.2) is 0 Å². The number of benzene rings is 1. The summed E-state index contributed by atoms with van der Waals surface area (Å²) in [5.74, 6) is -0.131. The molecule has 1 amide bonds. The lowest BCUT2D eigenvalue weighted by molar-refractivity contribution is 0.0967. The van der Waals surface area contributed by atoms with Crippen LogP contribution in [0.25, 0.3) is 0 Å². The van der Waals surface area contributed by atoms with E-state index in [4.69, 9.17) is 9.15 Å². The Bertz CT molecular complexity index is 665. The second-order valence-electron chi connectivity index (χ2n) is 5.34. The number of nitrogens with zero attached hydrogens (tertiary/aromatic N) is 2. The Labute approximate surface area is 129 Å². The summed E-state index contributed by atoms with van der Waals surface area (Å²) < 4.78 is 10.4. The molecule has 5 nitrogen and oxygen atoms in total. The Morgan fingerprint density at radius 2 is 2.23 bits per heavy atom. The molecular weight excluding hydrogens is 280 g/mol. The van der Waals surface area contributed by atoms with Gasteiger partial charge >= 0.3 is 6.08 Å². The van der Waals surface area contributed by atoms with Crippen LogP contribution >= 0.6 is 0 Å². The summed E-state index contributed by atoms with van der Waals surface area (Å²) in [7, 11) is 0. The van der Waals surface area contributed by atoms with Gasteiger partial charge in [0.15, 0.2) is 5.69 Å². The highest BCUT2D eigenvalue weighted by molar-refractivity contribution is 6.05. The summed E-state index contributed by atoms with van der Waals surface area (Å²) >= 11 is 0. The number of hydrogen-bond donors (Lipinski definition) is 0. The van der Waals surface area contributed by atoms with Gasteiger partial charge in [0, 0.05) is 11.7 Å². The number of amides is 1. The van der Waals surface area contributed by atoms with Gasteiger partial charge in [0.25, 0.3) is 5.91 Å². The molecule has 2 aromatic rings. The first-order valence-electron chi connectivity index (χ1n) is 7.74. The Morgan fingerprint density at radius 3 is 3.00 bits per heavy atom. The molecule has 1 aliphatic rings. The van der Waals surface area contributed by atoms with Gasteiger partial charge in [-0.1, -0.05) is 25.1 Å². The predicted molar refractivity (Wildman–Crippen MR) is 83.3 cm³/mol. The SMILES string of the molecule is CCOc1nc(C(=O)N2c3ccccc3CCC2CC)co1. The van der Waals surface area contributed by atoms with Gasteiger partial charge in [-0.15, -0.1) is 0 Å².